The number of nitrogens with zero attached hydrogens (tertiary/aromatic N) is 2. The van der Waals surface area contributed by atoms with E-state index in [9.17, 15) is 13.2 Å². The highest BCUT2D eigenvalue weighted by atomic mass is 79.9. The van der Waals surface area contributed by atoms with Crippen molar-refractivity contribution in [2.45, 2.75) is 18.7 Å². The lowest BCUT2D eigenvalue weighted by atomic mass is 10.1. The number of hydrogen-bond donors (Lipinski definition) is 1. The number of nitrogens with one attached hydrogen (secondary N) is 1. The summed E-state index contributed by atoms with van der Waals surface area (Å²) in [7, 11) is -2.53. The molecular formula is C24H24BrN3O4S. The van der Waals surface area contributed by atoms with Crippen LogP contribution in [0.3, 0.4) is 0 Å². The van der Waals surface area contributed by atoms with Gasteiger partial charge in [-0.15, -0.1) is 0 Å². The zero-order valence-electron chi connectivity index (χ0n) is 18.4. The summed E-state index contributed by atoms with van der Waals surface area (Å²) in [5.74, 6) is -0.108. The molecule has 3 aromatic rings. The quantitative estimate of drug-likeness (QED) is 0.343. The number of hydrogen-bond acceptors (Lipinski definition) is 5. The summed E-state index contributed by atoms with van der Waals surface area (Å²) < 4.78 is 34.0. The fraction of sp³-hybridized carbons (Fsp3) is 0.167. The van der Waals surface area contributed by atoms with Crippen LogP contribution in [0, 0.1) is 6.92 Å². The van der Waals surface area contributed by atoms with Crippen LogP contribution in [0.1, 0.15) is 18.1 Å². The van der Waals surface area contributed by atoms with E-state index in [0.29, 0.717) is 17.1 Å². The molecule has 172 valence electrons. The number of amides is 1. The van der Waals surface area contributed by atoms with Crippen molar-refractivity contribution in [3.05, 3.63) is 88.4 Å². The predicted octanol–water partition coefficient (Wildman–Crippen LogP) is 4.50. The van der Waals surface area contributed by atoms with E-state index in [1.807, 2.05) is 31.2 Å². The minimum Gasteiger partial charge on any atom is -0.497 e. The van der Waals surface area contributed by atoms with Gasteiger partial charge in [0, 0.05) is 10.5 Å². The largest absolute Gasteiger partial charge is 0.497 e. The van der Waals surface area contributed by atoms with Gasteiger partial charge >= 0.3 is 0 Å². The van der Waals surface area contributed by atoms with Crippen LogP contribution in [-0.4, -0.2) is 33.7 Å². The molecule has 0 aliphatic heterocycles. The first-order chi connectivity index (χ1) is 15.7. The SMILES string of the molecule is COc1cccc(N(CC(=O)N/N=C(/C)c2cccc(Br)c2)S(=O)(=O)c2ccc(C)cc2)c1. The van der Waals surface area contributed by atoms with Crippen molar-refractivity contribution in [2.75, 3.05) is 18.0 Å². The van der Waals surface area contributed by atoms with Gasteiger partial charge in [0.25, 0.3) is 15.9 Å². The Morgan fingerprint density at radius 2 is 1.76 bits per heavy atom. The summed E-state index contributed by atoms with van der Waals surface area (Å²) in [4.78, 5) is 12.8. The topological polar surface area (TPSA) is 88.1 Å². The van der Waals surface area contributed by atoms with Gasteiger partial charge in [0.05, 0.1) is 23.4 Å². The molecule has 0 saturated carbocycles. The Hall–Kier alpha value is -3.17. The number of benzene rings is 3. The second-order valence-corrected chi connectivity index (χ2v) is 10.0. The Kier molecular flexibility index (Phi) is 7.88. The highest BCUT2D eigenvalue weighted by Crippen LogP contribution is 2.27. The van der Waals surface area contributed by atoms with Crippen LogP contribution < -0.4 is 14.5 Å². The Morgan fingerprint density at radius 3 is 2.42 bits per heavy atom. The molecule has 1 amide bonds. The third kappa shape index (κ3) is 6.21. The van der Waals surface area contributed by atoms with Crippen LogP contribution in [-0.2, 0) is 14.8 Å². The normalized spacial score (nSPS) is 11.7. The zero-order chi connectivity index (χ0) is 24.0. The highest BCUT2D eigenvalue weighted by Gasteiger charge is 2.27. The predicted molar refractivity (Wildman–Crippen MR) is 133 cm³/mol. The second-order valence-electron chi connectivity index (χ2n) is 7.27. The van der Waals surface area contributed by atoms with Crippen molar-refractivity contribution in [2.24, 2.45) is 5.10 Å². The summed E-state index contributed by atoms with van der Waals surface area (Å²) >= 11 is 3.40. The smallest absolute Gasteiger partial charge is 0.264 e. The Bertz CT molecular complexity index is 1270. The van der Waals surface area contributed by atoms with Gasteiger partial charge in [0.1, 0.15) is 12.3 Å². The fourth-order valence-electron chi connectivity index (χ4n) is 3.01. The molecule has 0 radical (unpaired) electrons. The molecule has 0 aliphatic rings. The molecule has 0 saturated heterocycles. The van der Waals surface area contributed by atoms with Crippen molar-refractivity contribution in [1.29, 1.82) is 0 Å². The van der Waals surface area contributed by atoms with Crippen LogP contribution in [0.2, 0.25) is 0 Å². The molecule has 7 nitrogen and oxygen atoms in total. The van der Waals surface area contributed by atoms with Gasteiger partial charge < -0.3 is 4.74 Å². The van der Waals surface area contributed by atoms with Gasteiger partial charge in [-0.2, -0.15) is 5.10 Å². The summed E-state index contributed by atoms with van der Waals surface area (Å²) in [5, 5.41) is 4.13. The lowest BCUT2D eigenvalue weighted by Crippen LogP contribution is -2.39. The molecule has 0 unspecified atom stereocenters. The number of halogens is 1. The van der Waals surface area contributed by atoms with Gasteiger partial charge in [-0.3, -0.25) is 9.10 Å². The van der Waals surface area contributed by atoms with E-state index in [4.69, 9.17) is 4.74 Å². The third-order valence-corrected chi connectivity index (χ3v) is 7.11. The van der Waals surface area contributed by atoms with Gasteiger partial charge in [-0.25, -0.2) is 13.8 Å². The number of carbonyl (C=O) groups is 1. The molecule has 0 fully saturated rings. The standard InChI is InChI=1S/C24H24BrN3O4S/c1-17-10-12-23(13-11-17)33(30,31)28(21-8-5-9-22(15-21)32-3)16-24(29)27-26-18(2)19-6-4-7-20(25)14-19/h4-15H,16H2,1-3H3,(H,27,29)/b26-18-. The first-order valence-corrected chi connectivity index (χ1v) is 12.3. The second kappa shape index (κ2) is 10.6. The first-order valence-electron chi connectivity index (χ1n) is 10.0. The molecule has 0 spiro atoms. The number of sulfonamides is 1. The van der Waals surface area contributed by atoms with E-state index in [0.717, 1.165) is 19.9 Å². The Morgan fingerprint density at radius 1 is 1.06 bits per heavy atom. The monoisotopic (exact) mass is 529 g/mol. The number of hydrazone groups is 1. The van der Waals surface area contributed by atoms with Crippen molar-refractivity contribution in [1.82, 2.24) is 5.43 Å². The van der Waals surface area contributed by atoms with E-state index in [2.05, 4.69) is 26.5 Å². The molecule has 3 rings (SSSR count). The number of methoxy groups -OCH3 is 1. The van der Waals surface area contributed by atoms with Crippen LogP contribution >= 0.6 is 15.9 Å². The van der Waals surface area contributed by atoms with Gasteiger partial charge in [-0.1, -0.05) is 51.8 Å². The van der Waals surface area contributed by atoms with Gasteiger partial charge in [-0.05, 0) is 55.8 Å². The number of carbonyl (C=O) groups excluding carboxylic acids is 1. The fourth-order valence-corrected chi connectivity index (χ4v) is 4.82. The molecule has 0 aromatic heterocycles. The minimum atomic E-state index is -4.02. The molecule has 0 atom stereocenters. The van der Waals surface area contributed by atoms with E-state index >= 15 is 0 Å². The average molecular weight is 530 g/mol. The summed E-state index contributed by atoms with van der Waals surface area (Å²) in [5.41, 5.74) is 5.09. The summed E-state index contributed by atoms with van der Waals surface area (Å²) in [6.07, 6.45) is 0. The van der Waals surface area contributed by atoms with E-state index < -0.39 is 22.5 Å². The lowest BCUT2D eigenvalue weighted by Gasteiger charge is -2.24. The van der Waals surface area contributed by atoms with E-state index in [-0.39, 0.29) is 4.90 Å². The van der Waals surface area contributed by atoms with E-state index in [1.165, 1.54) is 19.2 Å². The Labute approximate surface area is 202 Å². The molecule has 9 heteroatoms. The van der Waals surface area contributed by atoms with Crippen molar-refractivity contribution < 1.29 is 17.9 Å². The van der Waals surface area contributed by atoms with Gasteiger partial charge in [0.2, 0.25) is 0 Å². The molecular weight excluding hydrogens is 506 g/mol. The Balaban J connectivity index is 1.90. The number of anilines is 1. The van der Waals surface area contributed by atoms with Gasteiger partial charge in [0.15, 0.2) is 0 Å². The maximum atomic E-state index is 13.4. The van der Waals surface area contributed by atoms with Crippen molar-refractivity contribution in [3.8, 4) is 5.75 Å². The molecule has 0 aliphatic carbocycles. The highest BCUT2D eigenvalue weighted by molar-refractivity contribution is 9.10. The summed E-state index contributed by atoms with van der Waals surface area (Å²) in [6.45, 7) is 3.17. The maximum absolute atomic E-state index is 13.4. The molecule has 1 N–H and O–H groups in total. The molecule has 3 aromatic carbocycles. The number of ether oxygens (including phenoxy) is 1. The first kappa shape index (κ1) is 24.5. The van der Waals surface area contributed by atoms with Crippen LogP contribution in [0.5, 0.6) is 5.75 Å². The maximum Gasteiger partial charge on any atom is 0.264 e. The summed E-state index contributed by atoms with van der Waals surface area (Å²) in [6, 6.07) is 20.5. The molecule has 0 heterocycles. The van der Waals surface area contributed by atoms with Crippen molar-refractivity contribution in [3.63, 3.8) is 0 Å². The van der Waals surface area contributed by atoms with Crippen LogP contribution in [0.15, 0.2) is 87.3 Å². The molecule has 33 heavy (non-hydrogen) atoms. The number of rotatable bonds is 8. The van der Waals surface area contributed by atoms with Crippen molar-refractivity contribution >= 4 is 43.3 Å². The van der Waals surface area contributed by atoms with E-state index in [1.54, 1.807) is 43.3 Å². The zero-order valence-corrected chi connectivity index (χ0v) is 20.9. The van der Waals surface area contributed by atoms with Crippen LogP contribution in [0.25, 0.3) is 0 Å². The molecule has 0 bridgehead atoms. The number of aryl methyl sites for hydroxylation is 1. The average Bonchev–Trinajstić information content (AvgIpc) is 2.81. The van der Waals surface area contributed by atoms with Crippen LogP contribution in [0.4, 0.5) is 5.69 Å². The third-order valence-electron chi connectivity index (χ3n) is 4.83. The lowest BCUT2D eigenvalue weighted by molar-refractivity contribution is -0.119. The minimum absolute atomic E-state index is 0.0811.